The number of ether oxygens (including phenoxy) is 1. The summed E-state index contributed by atoms with van der Waals surface area (Å²) in [5, 5.41) is 0. The molecule has 0 radical (unpaired) electrons. The number of aromatic nitrogens is 4. The van der Waals surface area contributed by atoms with Crippen LogP contribution < -0.4 is 4.74 Å². The van der Waals surface area contributed by atoms with Crippen LogP contribution in [0.15, 0.2) is 72.8 Å². The number of hydrogen-bond acceptors (Lipinski definition) is 4. The fraction of sp³-hybridized carbons (Fsp3) is 0.0870. The largest absolute Gasteiger partial charge is 0.497 e. The monoisotopic (exact) mass is 366 g/mol. The van der Waals surface area contributed by atoms with Crippen LogP contribution in [0.1, 0.15) is 5.56 Å². The smallest absolute Gasteiger partial charge is 0.199 e. The van der Waals surface area contributed by atoms with Crippen molar-refractivity contribution in [2.45, 2.75) is 6.92 Å². The quantitative estimate of drug-likeness (QED) is 0.453. The second kappa shape index (κ2) is 6.46. The molecule has 0 spiro atoms. The van der Waals surface area contributed by atoms with E-state index >= 15 is 0 Å². The molecule has 5 rings (SSSR count). The van der Waals surface area contributed by atoms with Crippen LogP contribution in [-0.4, -0.2) is 26.6 Å². The van der Waals surface area contributed by atoms with E-state index in [1.807, 2.05) is 53.1 Å². The van der Waals surface area contributed by atoms with Crippen molar-refractivity contribution in [3.05, 3.63) is 78.4 Å². The molecule has 0 aliphatic rings. The summed E-state index contributed by atoms with van der Waals surface area (Å²) in [5.74, 6) is 1.58. The molecular formula is C23H18N4O. The average molecular weight is 366 g/mol. The lowest BCUT2D eigenvalue weighted by Crippen LogP contribution is -2.00. The van der Waals surface area contributed by atoms with E-state index in [9.17, 15) is 0 Å². The van der Waals surface area contributed by atoms with Crippen LogP contribution in [0.5, 0.6) is 5.75 Å². The van der Waals surface area contributed by atoms with E-state index < -0.39 is 0 Å². The van der Waals surface area contributed by atoms with Crippen LogP contribution in [-0.2, 0) is 0 Å². The SMILES string of the molecule is COc1cccc(-n2c(-c3ccc(C)cc3)nc3nc4ccccc4nc32)c1. The predicted molar refractivity (Wildman–Crippen MR) is 111 cm³/mol. The minimum Gasteiger partial charge on any atom is -0.497 e. The first-order valence-electron chi connectivity index (χ1n) is 9.09. The number of aryl methyl sites for hydroxylation is 1. The summed E-state index contributed by atoms with van der Waals surface area (Å²) in [6.07, 6.45) is 0. The summed E-state index contributed by atoms with van der Waals surface area (Å²) in [6.45, 7) is 2.07. The van der Waals surface area contributed by atoms with Gasteiger partial charge < -0.3 is 4.74 Å². The van der Waals surface area contributed by atoms with Gasteiger partial charge in [-0.15, -0.1) is 0 Å². The molecule has 2 aromatic heterocycles. The van der Waals surface area contributed by atoms with E-state index in [4.69, 9.17) is 19.7 Å². The van der Waals surface area contributed by atoms with Crippen molar-refractivity contribution in [1.82, 2.24) is 19.5 Å². The third-order valence-electron chi connectivity index (χ3n) is 4.79. The summed E-state index contributed by atoms with van der Waals surface area (Å²) >= 11 is 0. The molecule has 0 bridgehead atoms. The van der Waals surface area contributed by atoms with E-state index in [-0.39, 0.29) is 0 Å². The number of methoxy groups -OCH3 is 1. The number of benzene rings is 3. The molecule has 0 aliphatic carbocycles. The van der Waals surface area contributed by atoms with Gasteiger partial charge in [0.2, 0.25) is 0 Å². The molecule has 0 saturated carbocycles. The Hall–Kier alpha value is -3.73. The Morgan fingerprint density at radius 2 is 1.54 bits per heavy atom. The van der Waals surface area contributed by atoms with Gasteiger partial charge in [-0.25, -0.2) is 15.0 Å². The summed E-state index contributed by atoms with van der Waals surface area (Å²) in [5.41, 5.74) is 6.17. The first-order valence-corrected chi connectivity index (χ1v) is 9.09. The Morgan fingerprint density at radius 3 is 2.29 bits per heavy atom. The van der Waals surface area contributed by atoms with Crippen molar-refractivity contribution in [3.8, 4) is 22.8 Å². The Labute approximate surface area is 162 Å². The van der Waals surface area contributed by atoms with Gasteiger partial charge in [-0.3, -0.25) is 4.57 Å². The molecular weight excluding hydrogens is 348 g/mol. The van der Waals surface area contributed by atoms with Gasteiger partial charge in [0.1, 0.15) is 11.6 Å². The van der Waals surface area contributed by atoms with Gasteiger partial charge in [0.15, 0.2) is 11.3 Å². The summed E-state index contributed by atoms with van der Waals surface area (Å²) in [6, 6.07) is 24.1. The highest BCUT2D eigenvalue weighted by molar-refractivity contribution is 5.86. The van der Waals surface area contributed by atoms with Crippen molar-refractivity contribution in [2.75, 3.05) is 7.11 Å². The minimum absolute atomic E-state index is 0.622. The summed E-state index contributed by atoms with van der Waals surface area (Å²) in [7, 11) is 1.67. The molecule has 5 aromatic rings. The van der Waals surface area contributed by atoms with Gasteiger partial charge >= 0.3 is 0 Å². The van der Waals surface area contributed by atoms with Crippen molar-refractivity contribution in [1.29, 1.82) is 0 Å². The van der Waals surface area contributed by atoms with E-state index in [2.05, 4.69) is 31.2 Å². The van der Waals surface area contributed by atoms with Crippen LogP contribution in [0.4, 0.5) is 0 Å². The third-order valence-corrected chi connectivity index (χ3v) is 4.79. The standard InChI is InChI=1S/C23H18N4O/c1-15-10-12-16(13-11-15)22-26-21-23(25-20-9-4-3-8-19(20)24-21)27(22)17-6-5-7-18(14-17)28-2/h3-14H,1-2H3. The minimum atomic E-state index is 0.622. The molecule has 3 aromatic carbocycles. The zero-order valence-electron chi connectivity index (χ0n) is 15.6. The second-order valence-corrected chi connectivity index (χ2v) is 6.70. The van der Waals surface area contributed by atoms with Crippen molar-refractivity contribution < 1.29 is 4.74 Å². The first-order chi connectivity index (χ1) is 13.7. The number of hydrogen-bond donors (Lipinski definition) is 0. The fourth-order valence-electron chi connectivity index (χ4n) is 3.35. The number of rotatable bonds is 3. The third kappa shape index (κ3) is 2.68. The van der Waals surface area contributed by atoms with Crippen molar-refractivity contribution in [2.24, 2.45) is 0 Å². The van der Waals surface area contributed by atoms with Gasteiger partial charge in [-0.2, -0.15) is 0 Å². The Balaban J connectivity index is 1.86. The van der Waals surface area contributed by atoms with Crippen LogP contribution in [0.2, 0.25) is 0 Å². The van der Waals surface area contributed by atoms with Crippen LogP contribution in [0, 0.1) is 6.92 Å². The van der Waals surface area contributed by atoms with Crippen LogP contribution >= 0.6 is 0 Å². The van der Waals surface area contributed by atoms with Crippen LogP contribution in [0.3, 0.4) is 0 Å². The highest BCUT2D eigenvalue weighted by atomic mass is 16.5. The lowest BCUT2D eigenvalue weighted by atomic mass is 10.1. The fourth-order valence-corrected chi connectivity index (χ4v) is 3.35. The van der Waals surface area contributed by atoms with Crippen molar-refractivity contribution in [3.63, 3.8) is 0 Å². The lowest BCUT2D eigenvalue weighted by Gasteiger charge is -2.10. The van der Waals surface area contributed by atoms with Gasteiger partial charge in [0.05, 0.1) is 23.8 Å². The maximum absolute atomic E-state index is 5.43. The lowest BCUT2D eigenvalue weighted by molar-refractivity contribution is 0.414. The first kappa shape index (κ1) is 16.4. The number of para-hydroxylation sites is 2. The summed E-state index contributed by atoms with van der Waals surface area (Å²) < 4.78 is 7.47. The molecule has 2 heterocycles. The Bertz CT molecular complexity index is 1310. The topological polar surface area (TPSA) is 52.8 Å². The van der Waals surface area contributed by atoms with Gasteiger partial charge in [0, 0.05) is 11.6 Å². The zero-order chi connectivity index (χ0) is 19.1. The van der Waals surface area contributed by atoms with Gasteiger partial charge in [0.25, 0.3) is 0 Å². The molecule has 0 aliphatic heterocycles. The number of fused-ring (bicyclic) bond motifs is 2. The second-order valence-electron chi connectivity index (χ2n) is 6.70. The molecule has 0 atom stereocenters. The molecule has 5 nitrogen and oxygen atoms in total. The molecule has 28 heavy (non-hydrogen) atoms. The molecule has 136 valence electrons. The maximum atomic E-state index is 5.43. The van der Waals surface area contributed by atoms with E-state index in [0.29, 0.717) is 5.65 Å². The number of imidazole rings is 1. The molecule has 5 heteroatoms. The normalized spacial score (nSPS) is 11.2. The van der Waals surface area contributed by atoms with E-state index in [1.165, 1.54) is 5.56 Å². The van der Waals surface area contributed by atoms with Gasteiger partial charge in [-0.1, -0.05) is 48.0 Å². The Morgan fingerprint density at radius 1 is 0.786 bits per heavy atom. The highest BCUT2D eigenvalue weighted by Crippen LogP contribution is 2.29. The van der Waals surface area contributed by atoms with Crippen LogP contribution in [0.25, 0.3) is 39.4 Å². The average Bonchev–Trinajstić information content (AvgIpc) is 3.10. The predicted octanol–water partition coefficient (Wildman–Crippen LogP) is 4.95. The molecule has 0 N–H and O–H groups in total. The molecule has 0 saturated heterocycles. The molecule has 0 fully saturated rings. The number of nitrogens with zero attached hydrogens (tertiary/aromatic N) is 4. The van der Waals surface area contributed by atoms with E-state index in [1.54, 1.807) is 7.11 Å². The molecule has 0 unspecified atom stereocenters. The zero-order valence-corrected chi connectivity index (χ0v) is 15.6. The maximum Gasteiger partial charge on any atom is 0.199 e. The van der Waals surface area contributed by atoms with Gasteiger partial charge in [-0.05, 0) is 31.2 Å². The highest BCUT2D eigenvalue weighted by Gasteiger charge is 2.17. The van der Waals surface area contributed by atoms with Crippen molar-refractivity contribution >= 4 is 22.3 Å². The molecule has 0 amide bonds. The summed E-state index contributed by atoms with van der Waals surface area (Å²) in [4.78, 5) is 14.5. The Kier molecular flexibility index (Phi) is 3.79. The van der Waals surface area contributed by atoms with E-state index in [0.717, 1.165) is 39.5 Å².